The van der Waals surface area contributed by atoms with Crippen molar-refractivity contribution in [2.45, 2.75) is 31.1 Å². The van der Waals surface area contributed by atoms with Crippen LogP contribution in [0.5, 0.6) is 5.75 Å². The molecule has 0 saturated carbocycles. The summed E-state index contributed by atoms with van der Waals surface area (Å²) < 4.78 is 5.65. The van der Waals surface area contributed by atoms with Gasteiger partial charge in [-0.3, -0.25) is 4.79 Å². The molecule has 106 valence electrons. The molecule has 0 aromatic heterocycles. The Bertz CT molecular complexity index is 689. The summed E-state index contributed by atoms with van der Waals surface area (Å²) in [6.07, 6.45) is 2.52. The van der Waals surface area contributed by atoms with Gasteiger partial charge < -0.3 is 4.74 Å². The molecule has 2 aromatic rings. The molecule has 0 amide bonds. The molecular weight excluding hydrogens is 260 g/mol. The standard InChI is InChI=1S/C19H18O2/c20-18(12-14-11-13-5-1-2-6-15(13)14)16-9-10-21-19-8-4-3-7-17(16)19/h1-8,14,16H,9-12H2. The van der Waals surface area contributed by atoms with Crippen molar-refractivity contribution in [3.05, 3.63) is 65.2 Å². The normalized spacial score (nSPS) is 22.5. The average Bonchev–Trinajstić information content (AvgIpc) is 2.52. The quantitative estimate of drug-likeness (QED) is 0.852. The van der Waals surface area contributed by atoms with Crippen LogP contribution in [0.4, 0.5) is 0 Å². The fraction of sp³-hybridized carbons (Fsp3) is 0.316. The van der Waals surface area contributed by atoms with E-state index in [9.17, 15) is 4.79 Å². The zero-order valence-corrected chi connectivity index (χ0v) is 11.9. The van der Waals surface area contributed by atoms with Gasteiger partial charge in [0.05, 0.1) is 6.61 Å². The van der Waals surface area contributed by atoms with Crippen LogP contribution in [0.25, 0.3) is 0 Å². The first-order valence-corrected chi connectivity index (χ1v) is 7.65. The summed E-state index contributed by atoms with van der Waals surface area (Å²) in [7, 11) is 0. The van der Waals surface area contributed by atoms with Crippen molar-refractivity contribution >= 4 is 5.78 Å². The number of para-hydroxylation sites is 1. The lowest BCUT2D eigenvalue weighted by Crippen LogP contribution is -2.26. The van der Waals surface area contributed by atoms with Crippen molar-refractivity contribution in [2.24, 2.45) is 0 Å². The predicted octanol–water partition coefficient (Wildman–Crippen LogP) is 3.85. The Hall–Kier alpha value is -2.09. The lowest BCUT2D eigenvalue weighted by Gasteiger charge is -2.32. The molecule has 4 rings (SSSR count). The molecule has 2 aromatic carbocycles. The molecule has 0 radical (unpaired) electrons. The molecular formula is C19H18O2. The van der Waals surface area contributed by atoms with Gasteiger partial charge in [0.25, 0.3) is 0 Å². The van der Waals surface area contributed by atoms with E-state index in [4.69, 9.17) is 4.74 Å². The lowest BCUT2D eigenvalue weighted by molar-refractivity contribution is -0.121. The minimum Gasteiger partial charge on any atom is -0.493 e. The highest BCUT2D eigenvalue weighted by Gasteiger charge is 2.32. The minimum atomic E-state index is 0.0164. The van der Waals surface area contributed by atoms with E-state index in [0.717, 1.165) is 24.2 Å². The molecule has 0 saturated heterocycles. The third-order valence-corrected chi connectivity index (χ3v) is 4.76. The fourth-order valence-corrected chi connectivity index (χ4v) is 3.61. The molecule has 1 aliphatic heterocycles. The SMILES string of the molecule is O=C(CC1Cc2ccccc21)C1CCOc2ccccc21. The zero-order chi connectivity index (χ0) is 14.2. The number of ketones is 1. The number of carbonyl (C=O) groups is 1. The molecule has 21 heavy (non-hydrogen) atoms. The maximum Gasteiger partial charge on any atom is 0.141 e. The highest BCUT2D eigenvalue weighted by molar-refractivity contribution is 5.87. The van der Waals surface area contributed by atoms with Crippen LogP contribution >= 0.6 is 0 Å². The van der Waals surface area contributed by atoms with Crippen molar-refractivity contribution in [2.75, 3.05) is 6.61 Å². The lowest BCUT2D eigenvalue weighted by atomic mass is 9.73. The fourth-order valence-electron chi connectivity index (χ4n) is 3.61. The van der Waals surface area contributed by atoms with Gasteiger partial charge in [0.15, 0.2) is 0 Å². The average molecular weight is 278 g/mol. The van der Waals surface area contributed by atoms with Crippen LogP contribution in [0, 0.1) is 0 Å². The number of Topliss-reactive ketones (excluding diaryl/α,β-unsaturated/α-hetero) is 1. The van der Waals surface area contributed by atoms with E-state index in [1.807, 2.05) is 24.3 Å². The Kier molecular flexibility index (Phi) is 3.03. The summed E-state index contributed by atoms with van der Waals surface area (Å²) >= 11 is 0. The largest absolute Gasteiger partial charge is 0.493 e. The first-order chi connectivity index (χ1) is 10.3. The summed E-state index contributed by atoms with van der Waals surface area (Å²) in [5, 5.41) is 0. The first-order valence-electron chi connectivity index (χ1n) is 7.65. The number of benzene rings is 2. The number of hydrogen-bond acceptors (Lipinski definition) is 2. The van der Waals surface area contributed by atoms with Crippen LogP contribution in [-0.2, 0) is 11.2 Å². The molecule has 0 spiro atoms. The van der Waals surface area contributed by atoms with E-state index in [1.54, 1.807) is 0 Å². The minimum absolute atomic E-state index is 0.0164. The highest BCUT2D eigenvalue weighted by Crippen LogP contribution is 2.41. The van der Waals surface area contributed by atoms with Crippen LogP contribution in [-0.4, -0.2) is 12.4 Å². The topological polar surface area (TPSA) is 26.3 Å². The van der Waals surface area contributed by atoms with Gasteiger partial charge in [0.2, 0.25) is 0 Å². The summed E-state index contributed by atoms with van der Waals surface area (Å²) in [6.45, 7) is 0.647. The number of rotatable bonds is 3. The molecule has 2 nitrogen and oxygen atoms in total. The van der Waals surface area contributed by atoms with Crippen molar-refractivity contribution in [1.29, 1.82) is 0 Å². The molecule has 0 fully saturated rings. The van der Waals surface area contributed by atoms with Gasteiger partial charge in [-0.25, -0.2) is 0 Å². The van der Waals surface area contributed by atoms with Crippen molar-refractivity contribution in [3.8, 4) is 5.75 Å². The Morgan fingerprint density at radius 1 is 1.05 bits per heavy atom. The molecule has 0 bridgehead atoms. The Morgan fingerprint density at radius 3 is 2.67 bits per heavy atom. The Labute approximate surface area is 124 Å². The van der Waals surface area contributed by atoms with Crippen LogP contribution in [0.1, 0.15) is 41.4 Å². The molecule has 1 heterocycles. The van der Waals surface area contributed by atoms with Crippen LogP contribution in [0.3, 0.4) is 0 Å². The van der Waals surface area contributed by atoms with Gasteiger partial charge in [0.1, 0.15) is 11.5 Å². The summed E-state index contributed by atoms with van der Waals surface area (Å²) in [4.78, 5) is 12.7. The Morgan fingerprint density at radius 2 is 1.81 bits per heavy atom. The zero-order valence-electron chi connectivity index (χ0n) is 11.9. The molecule has 2 aliphatic rings. The van der Waals surface area contributed by atoms with Crippen LogP contribution in [0.2, 0.25) is 0 Å². The van der Waals surface area contributed by atoms with Gasteiger partial charge in [-0.2, -0.15) is 0 Å². The van der Waals surface area contributed by atoms with Crippen molar-refractivity contribution in [3.63, 3.8) is 0 Å². The van der Waals surface area contributed by atoms with Crippen molar-refractivity contribution in [1.82, 2.24) is 0 Å². The number of carbonyl (C=O) groups excluding carboxylic acids is 1. The Balaban J connectivity index is 1.52. The van der Waals surface area contributed by atoms with E-state index >= 15 is 0 Å². The maximum absolute atomic E-state index is 12.7. The van der Waals surface area contributed by atoms with Gasteiger partial charge in [0, 0.05) is 17.9 Å². The number of fused-ring (bicyclic) bond motifs is 2. The summed E-state index contributed by atoms with van der Waals surface area (Å²) in [6, 6.07) is 16.4. The molecule has 2 unspecified atom stereocenters. The van der Waals surface area contributed by atoms with Gasteiger partial charge >= 0.3 is 0 Å². The van der Waals surface area contributed by atoms with E-state index in [2.05, 4.69) is 24.3 Å². The molecule has 0 N–H and O–H groups in total. The van der Waals surface area contributed by atoms with E-state index in [1.165, 1.54) is 11.1 Å². The number of ether oxygens (including phenoxy) is 1. The third kappa shape index (κ3) is 2.15. The molecule has 1 aliphatic carbocycles. The van der Waals surface area contributed by atoms with E-state index in [0.29, 0.717) is 24.7 Å². The first kappa shape index (κ1) is 12.6. The summed E-state index contributed by atoms with van der Waals surface area (Å²) in [5.74, 6) is 1.69. The second kappa shape index (κ2) is 5.03. The maximum atomic E-state index is 12.7. The second-order valence-corrected chi connectivity index (χ2v) is 6.00. The van der Waals surface area contributed by atoms with Crippen LogP contribution < -0.4 is 4.74 Å². The monoisotopic (exact) mass is 278 g/mol. The molecule has 2 atom stereocenters. The van der Waals surface area contributed by atoms with E-state index in [-0.39, 0.29) is 5.92 Å². The predicted molar refractivity (Wildman–Crippen MR) is 81.8 cm³/mol. The van der Waals surface area contributed by atoms with Crippen LogP contribution in [0.15, 0.2) is 48.5 Å². The third-order valence-electron chi connectivity index (χ3n) is 4.76. The summed E-state index contributed by atoms with van der Waals surface area (Å²) in [5.41, 5.74) is 3.84. The van der Waals surface area contributed by atoms with Gasteiger partial charge in [-0.1, -0.05) is 42.5 Å². The molecule has 2 heteroatoms. The van der Waals surface area contributed by atoms with Gasteiger partial charge in [-0.05, 0) is 36.0 Å². The van der Waals surface area contributed by atoms with E-state index < -0.39 is 0 Å². The second-order valence-electron chi connectivity index (χ2n) is 6.00. The van der Waals surface area contributed by atoms with Crippen molar-refractivity contribution < 1.29 is 9.53 Å². The smallest absolute Gasteiger partial charge is 0.141 e. The highest BCUT2D eigenvalue weighted by atomic mass is 16.5. The van der Waals surface area contributed by atoms with Gasteiger partial charge in [-0.15, -0.1) is 0 Å². The number of hydrogen-bond donors (Lipinski definition) is 0.